The summed E-state index contributed by atoms with van der Waals surface area (Å²) in [6.07, 6.45) is -0.194. The van der Waals surface area contributed by atoms with Crippen LogP contribution in [-0.4, -0.2) is 35.3 Å². The monoisotopic (exact) mass is 227 g/mol. The average Bonchev–Trinajstić information content (AvgIpc) is 3.06. The van der Waals surface area contributed by atoms with E-state index in [4.69, 9.17) is 15.6 Å². The van der Waals surface area contributed by atoms with Crippen LogP contribution in [0.25, 0.3) is 0 Å². The van der Waals surface area contributed by atoms with Crippen LogP contribution >= 0.6 is 0 Å². The van der Waals surface area contributed by atoms with Crippen LogP contribution < -0.4 is 5.73 Å². The minimum absolute atomic E-state index is 0.0383. The van der Waals surface area contributed by atoms with E-state index in [-0.39, 0.29) is 12.8 Å². The molecule has 1 saturated heterocycles. The molecule has 1 atom stereocenters. The van der Waals surface area contributed by atoms with Crippen molar-refractivity contribution >= 4 is 17.5 Å². The highest BCUT2D eigenvalue weighted by Crippen LogP contribution is 2.20. The van der Waals surface area contributed by atoms with Gasteiger partial charge in [0.15, 0.2) is 0 Å². The normalized spacial score (nSPS) is 18.4. The van der Waals surface area contributed by atoms with Gasteiger partial charge in [-0.25, -0.2) is 0 Å². The summed E-state index contributed by atoms with van der Waals surface area (Å²) in [5.41, 5.74) is 5.51. The molecular formula is C10H13NO5. The van der Waals surface area contributed by atoms with Crippen molar-refractivity contribution in [3.63, 3.8) is 0 Å². The molecule has 6 heteroatoms. The van der Waals surface area contributed by atoms with E-state index in [0.717, 1.165) is 0 Å². The Morgan fingerprint density at radius 1 is 1.50 bits per heavy atom. The van der Waals surface area contributed by atoms with Crippen LogP contribution in [0.1, 0.15) is 19.8 Å². The van der Waals surface area contributed by atoms with Crippen molar-refractivity contribution in [1.29, 1.82) is 0 Å². The van der Waals surface area contributed by atoms with E-state index >= 15 is 0 Å². The summed E-state index contributed by atoms with van der Waals surface area (Å²) in [7, 11) is 0. The smallest absolute Gasteiger partial charge is 0.320 e. The van der Waals surface area contributed by atoms with E-state index < -0.39 is 23.6 Å². The van der Waals surface area contributed by atoms with Gasteiger partial charge >= 0.3 is 5.97 Å². The van der Waals surface area contributed by atoms with Gasteiger partial charge in [0.25, 0.3) is 0 Å². The second kappa shape index (κ2) is 4.89. The number of aliphatic carboxylic acids is 1. The second-order valence-corrected chi connectivity index (χ2v) is 3.57. The summed E-state index contributed by atoms with van der Waals surface area (Å²) in [5, 5.41) is 8.49. The highest BCUT2D eigenvalue weighted by molar-refractivity contribution is 6.43. The molecule has 0 aromatic rings. The maximum Gasteiger partial charge on any atom is 0.320 e. The number of epoxide rings is 1. The lowest BCUT2D eigenvalue weighted by Crippen LogP contribution is -2.31. The van der Waals surface area contributed by atoms with Gasteiger partial charge in [-0.3, -0.25) is 14.4 Å². The van der Waals surface area contributed by atoms with Gasteiger partial charge in [-0.15, -0.1) is 0 Å². The molecule has 1 aliphatic rings. The van der Waals surface area contributed by atoms with Gasteiger partial charge in [-0.2, -0.15) is 0 Å². The lowest BCUT2D eigenvalue weighted by atomic mass is 10.0. The number of ether oxygens (including phenoxy) is 1. The topological polar surface area (TPSA) is 110 Å². The van der Waals surface area contributed by atoms with Crippen molar-refractivity contribution in [2.45, 2.75) is 25.8 Å². The van der Waals surface area contributed by atoms with Gasteiger partial charge < -0.3 is 15.6 Å². The number of rotatable bonds is 6. The Labute approximate surface area is 92.1 Å². The summed E-state index contributed by atoms with van der Waals surface area (Å²) < 4.78 is 4.79. The van der Waals surface area contributed by atoms with Crippen LogP contribution in [-0.2, 0) is 19.1 Å². The molecule has 0 saturated carbocycles. The third-order valence-electron chi connectivity index (χ3n) is 2.30. The lowest BCUT2D eigenvalue weighted by molar-refractivity contribution is -0.139. The Morgan fingerprint density at radius 2 is 2.06 bits per heavy atom. The molecule has 0 aromatic carbocycles. The van der Waals surface area contributed by atoms with E-state index in [0.29, 0.717) is 17.9 Å². The number of allylic oxidation sites excluding steroid dienone is 1. The van der Waals surface area contributed by atoms with Crippen LogP contribution in [0.3, 0.4) is 0 Å². The summed E-state index contributed by atoms with van der Waals surface area (Å²) in [6.45, 7) is 1.90. The molecule has 0 bridgehead atoms. The minimum Gasteiger partial charge on any atom is -0.486 e. The van der Waals surface area contributed by atoms with Gasteiger partial charge in [-0.1, -0.05) is 0 Å². The average molecular weight is 227 g/mol. The molecule has 88 valence electrons. The number of nitrogens with two attached hydrogens (primary N) is 1. The Bertz CT molecular complexity index is 365. The quantitative estimate of drug-likeness (QED) is 0.363. The zero-order valence-electron chi connectivity index (χ0n) is 8.86. The molecule has 0 aromatic heterocycles. The summed E-state index contributed by atoms with van der Waals surface area (Å²) >= 11 is 0. The number of carboxylic acids is 1. The van der Waals surface area contributed by atoms with Crippen molar-refractivity contribution in [1.82, 2.24) is 0 Å². The number of carbonyl (C=O) groups is 3. The molecule has 0 amide bonds. The van der Waals surface area contributed by atoms with Crippen molar-refractivity contribution in [3.05, 3.63) is 11.3 Å². The van der Waals surface area contributed by atoms with Gasteiger partial charge in [0.2, 0.25) is 11.6 Å². The Balaban J connectivity index is 2.44. The maximum absolute atomic E-state index is 11.4. The van der Waals surface area contributed by atoms with E-state index in [9.17, 15) is 14.4 Å². The first kappa shape index (κ1) is 12.4. The Kier molecular flexibility index (Phi) is 3.78. The fraction of sp³-hybridized carbons (Fsp3) is 0.500. The number of Topliss-reactive ketones (excluding diaryl/α,β-unsaturated/α-hetero) is 2. The highest BCUT2D eigenvalue weighted by Gasteiger charge is 2.26. The number of carbonyl (C=O) groups excluding carboxylic acids is 2. The number of ketones is 2. The molecule has 1 aliphatic heterocycles. The maximum atomic E-state index is 11.4. The highest BCUT2D eigenvalue weighted by atomic mass is 16.6. The van der Waals surface area contributed by atoms with E-state index in [1.807, 2.05) is 0 Å². The molecule has 1 heterocycles. The summed E-state index contributed by atoms with van der Waals surface area (Å²) in [4.78, 5) is 33.2. The summed E-state index contributed by atoms with van der Waals surface area (Å²) in [5.74, 6) is -1.90. The van der Waals surface area contributed by atoms with Crippen LogP contribution in [0, 0.1) is 0 Å². The Hall–Kier alpha value is -1.69. The second-order valence-electron chi connectivity index (χ2n) is 3.57. The molecule has 0 spiro atoms. The first-order valence-electron chi connectivity index (χ1n) is 4.82. The minimum atomic E-state index is -1.18. The van der Waals surface area contributed by atoms with Crippen LogP contribution in [0.5, 0.6) is 0 Å². The molecule has 0 radical (unpaired) electrons. The fourth-order valence-electron chi connectivity index (χ4n) is 1.11. The molecular weight excluding hydrogens is 214 g/mol. The molecule has 1 rings (SSSR count). The first-order chi connectivity index (χ1) is 7.43. The first-order valence-corrected chi connectivity index (χ1v) is 4.82. The van der Waals surface area contributed by atoms with Gasteiger partial charge in [0.05, 0.1) is 0 Å². The number of hydrogen-bond donors (Lipinski definition) is 2. The van der Waals surface area contributed by atoms with E-state index in [2.05, 4.69) is 0 Å². The third-order valence-corrected chi connectivity index (χ3v) is 2.30. The molecule has 6 nitrogen and oxygen atoms in total. The van der Waals surface area contributed by atoms with E-state index in [1.165, 1.54) is 6.92 Å². The van der Waals surface area contributed by atoms with Crippen LogP contribution in [0.4, 0.5) is 0 Å². The molecule has 3 N–H and O–H groups in total. The fourth-order valence-corrected chi connectivity index (χ4v) is 1.11. The molecule has 1 unspecified atom stereocenters. The van der Waals surface area contributed by atoms with Crippen LogP contribution in [0.2, 0.25) is 0 Å². The zero-order chi connectivity index (χ0) is 12.3. The molecule has 0 aliphatic carbocycles. The SMILES string of the molecule is C/C(C(=O)C(=O)CCC(N)C(=O)O)=C1\CO1. The zero-order valence-corrected chi connectivity index (χ0v) is 8.86. The largest absolute Gasteiger partial charge is 0.486 e. The van der Waals surface area contributed by atoms with Crippen LogP contribution in [0.15, 0.2) is 11.3 Å². The molecule has 16 heavy (non-hydrogen) atoms. The van der Waals surface area contributed by atoms with Gasteiger partial charge in [0.1, 0.15) is 18.4 Å². The molecule has 1 fully saturated rings. The van der Waals surface area contributed by atoms with Crippen molar-refractivity contribution < 1.29 is 24.2 Å². The third kappa shape index (κ3) is 3.16. The predicted molar refractivity (Wildman–Crippen MR) is 53.5 cm³/mol. The van der Waals surface area contributed by atoms with E-state index in [1.54, 1.807) is 0 Å². The number of carboxylic acid groups (broad SMARTS) is 1. The standard InChI is InChI=1S/C10H13NO5/c1-5(8-4-16-8)9(13)7(12)3-2-6(11)10(14)15/h6H,2-4,11H2,1H3,(H,14,15)/b8-5-. The van der Waals surface area contributed by atoms with Gasteiger partial charge in [-0.05, 0) is 13.3 Å². The predicted octanol–water partition coefficient (Wildman–Crippen LogP) is -0.379. The lowest BCUT2D eigenvalue weighted by Gasteiger charge is -2.04. The Morgan fingerprint density at radius 3 is 2.50 bits per heavy atom. The van der Waals surface area contributed by atoms with Gasteiger partial charge in [0, 0.05) is 12.0 Å². The van der Waals surface area contributed by atoms with Crippen molar-refractivity contribution in [2.24, 2.45) is 5.73 Å². The number of hydrogen-bond acceptors (Lipinski definition) is 5. The van der Waals surface area contributed by atoms with Crippen molar-refractivity contribution in [2.75, 3.05) is 6.61 Å². The van der Waals surface area contributed by atoms with Crippen molar-refractivity contribution in [3.8, 4) is 0 Å². The summed E-state index contributed by atoms with van der Waals surface area (Å²) in [6, 6.07) is -1.11.